The molecule has 7 nitrogen and oxygen atoms in total. The molecule has 5 rings (SSSR count). The van der Waals surface area contributed by atoms with Gasteiger partial charge in [-0.1, -0.05) is 36.5 Å². The highest BCUT2D eigenvalue weighted by atomic mass is 32.1. The lowest BCUT2D eigenvalue weighted by atomic mass is 10.2. The van der Waals surface area contributed by atoms with Gasteiger partial charge in [0.2, 0.25) is 0 Å². The number of rotatable bonds is 8. The third-order valence-electron chi connectivity index (χ3n) is 6.22. The average Bonchev–Trinajstić information content (AvgIpc) is 3.50. The fourth-order valence-corrected chi connectivity index (χ4v) is 5.34. The van der Waals surface area contributed by atoms with Crippen LogP contribution >= 0.6 is 11.3 Å². The number of hydrogen-bond acceptors (Lipinski definition) is 7. The van der Waals surface area contributed by atoms with E-state index in [1.807, 2.05) is 24.3 Å². The van der Waals surface area contributed by atoms with Crippen LogP contribution in [0.25, 0.3) is 21.2 Å². The molecule has 2 aromatic heterocycles. The topological polar surface area (TPSA) is 68.0 Å². The molecule has 4 aromatic rings. The first-order valence-corrected chi connectivity index (χ1v) is 12.6. The average molecular weight is 480 g/mol. The molecule has 0 saturated carbocycles. The van der Waals surface area contributed by atoms with Crippen LogP contribution in [-0.2, 0) is 11.2 Å². The van der Waals surface area contributed by atoms with E-state index in [2.05, 4.69) is 24.0 Å². The fraction of sp³-hybridized carbons (Fsp3) is 0.385. The van der Waals surface area contributed by atoms with Gasteiger partial charge < -0.3 is 13.9 Å². The monoisotopic (exact) mass is 479 g/mol. The lowest BCUT2D eigenvalue weighted by Gasteiger charge is -2.27. The van der Waals surface area contributed by atoms with Crippen LogP contribution in [0.15, 0.2) is 46.9 Å². The summed E-state index contributed by atoms with van der Waals surface area (Å²) >= 11 is 1.55. The van der Waals surface area contributed by atoms with Crippen LogP contribution in [0.2, 0.25) is 0 Å². The molecule has 8 heteroatoms. The van der Waals surface area contributed by atoms with E-state index in [0.717, 1.165) is 61.3 Å². The van der Waals surface area contributed by atoms with Crippen molar-refractivity contribution in [3.8, 4) is 5.75 Å². The normalized spacial score (nSPS) is 14.6. The van der Waals surface area contributed by atoms with Gasteiger partial charge in [0.15, 0.2) is 22.2 Å². The summed E-state index contributed by atoms with van der Waals surface area (Å²) in [5.41, 5.74) is 2.75. The number of anilines is 1. The number of amides is 1. The summed E-state index contributed by atoms with van der Waals surface area (Å²) in [6, 6.07) is 13.7. The van der Waals surface area contributed by atoms with Gasteiger partial charge in [-0.3, -0.25) is 14.6 Å². The van der Waals surface area contributed by atoms with E-state index in [1.54, 1.807) is 29.4 Å². The summed E-state index contributed by atoms with van der Waals surface area (Å²) in [5.74, 6) is 0.719. The molecule has 0 unspecified atom stereocenters. The highest BCUT2D eigenvalue weighted by molar-refractivity contribution is 7.22. The fourth-order valence-electron chi connectivity index (χ4n) is 4.29. The minimum absolute atomic E-state index is 0.185. The van der Waals surface area contributed by atoms with Crippen LogP contribution in [-0.4, -0.2) is 62.3 Å². The van der Waals surface area contributed by atoms with E-state index in [9.17, 15) is 4.79 Å². The number of methoxy groups -OCH3 is 1. The molecule has 1 aliphatic heterocycles. The molecule has 178 valence electrons. The van der Waals surface area contributed by atoms with Gasteiger partial charge in [-0.05, 0) is 42.7 Å². The first-order valence-electron chi connectivity index (χ1n) is 11.7. The predicted octanol–water partition coefficient (Wildman–Crippen LogP) is 4.98. The van der Waals surface area contributed by atoms with Crippen molar-refractivity contribution in [1.29, 1.82) is 0 Å². The summed E-state index contributed by atoms with van der Waals surface area (Å²) in [5, 5.41) is 1.54. The Labute approximate surface area is 202 Å². The first-order chi connectivity index (χ1) is 16.7. The molecule has 3 heterocycles. The smallest absolute Gasteiger partial charge is 0.295 e. The third-order valence-corrected chi connectivity index (χ3v) is 7.27. The highest BCUT2D eigenvalue weighted by Crippen LogP contribution is 2.33. The lowest BCUT2D eigenvalue weighted by Crippen LogP contribution is -2.39. The number of aromatic nitrogens is 1. The molecule has 34 heavy (non-hydrogen) atoms. The van der Waals surface area contributed by atoms with Crippen molar-refractivity contribution in [3.05, 3.63) is 53.8 Å². The number of carbonyl (C=O) groups is 1. The number of morpholine rings is 1. The van der Waals surface area contributed by atoms with E-state index in [-0.39, 0.29) is 5.91 Å². The van der Waals surface area contributed by atoms with E-state index in [1.165, 1.54) is 5.56 Å². The number of ether oxygens (including phenoxy) is 2. The van der Waals surface area contributed by atoms with Crippen molar-refractivity contribution in [2.45, 2.75) is 19.8 Å². The summed E-state index contributed by atoms with van der Waals surface area (Å²) in [6.07, 6.45) is 1.80. The SMILES string of the molecule is CCc1ccc2nc(N(CCCN3CCOCC3)C(=O)c3cc4cccc(OC)c4o3)sc2c1. The van der Waals surface area contributed by atoms with Crippen molar-refractivity contribution in [2.75, 3.05) is 51.4 Å². The van der Waals surface area contributed by atoms with Gasteiger partial charge in [0.05, 0.1) is 30.5 Å². The molecule has 1 saturated heterocycles. The van der Waals surface area contributed by atoms with Gasteiger partial charge in [0.1, 0.15) is 0 Å². The highest BCUT2D eigenvalue weighted by Gasteiger charge is 2.25. The molecule has 1 fully saturated rings. The molecular formula is C26H29N3O4S. The van der Waals surface area contributed by atoms with E-state index < -0.39 is 0 Å². The Hall–Kier alpha value is -2.94. The number of nitrogens with zero attached hydrogens (tertiary/aromatic N) is 3. The summed E-state index contributed by atoms with van der Waals surface area (Å²) in [4.78, 5) is 22.7. The summed E-state index contributed by atoms with van der Waals surface area (Å²) in [6.45, 7) is 7.00. The first kappa shape index (κ1) is 22.8. The van der Waals surface area contributed by atoms with Gasteiger partial charge in [0.25, 0.3) is 5.91 Å². The maximum Gasteiger partial charge on any atom is 0.295 e. The van der Waals surface area contributed by atoms with Crippen molar-refractivity contribution >= 4 is 43.6 Å². The second-order valence-electron chi connectivity index (χ2n) is 8.41. The number of thiazole rings is 1. The number of para-hydroxylation sites is 1. The van der Waals surface area contributed by atoms with Crippen LogP contribution in [0.4, 0.5) is 5.13 Å². The Balaban J connectivity index is 1.45. The van der Waals surface area contributed by atoms with Gasteiger partial charge in [-0.25, -0.2) is 4.98 Å². The minimum atomic E-state index is -0.185. The molecule has 2 aromatic carbocycles. The zero-order chi connectivity index (χ0) is 23.5. The third kappa shape index (κ3) is 4.66. The number of benzene rings is 2. The zero-order valence-corrected chi connectivity index (χ0v) is 20.4. The second kappa shape index (κ2) is 10.1. The molecule has 1 aliphatic rings. The standard InChI is InChI=1S/C26H29N3O4S/c1-3-18-8-9-20-23(16-18)34-26(27-20)29(11-5-10-28-12-14-32-15-13-28)25(30)22-17-19-6-4-7-21(31-2)24(19)33-22/h4,6-9,16-17H,3,5,10-15H2,1-2H3. The molecule has 0 radical (unpaired) electrons. The molecule has 0 spiro atoms. The number of furan rings is 1. The molecule has 0 aliphatic carbocycles. The van der Waals surface area contributed by atoms with Crippen LogP contribution in [0.3, 0.4) is 0 Å². The molecule has 0 bridgehead atoms. The van der Waals surface area contributed by atoms with E-state index in [0.29, 0.717) is 28.8 Å². The predicted molar refractivity (Wildman–Crippen MR) is 135 cm³/mol. The van der Waals surface area contributed by atoms with Crippen LogP contribution < -0.4 is 9.64 Å². The van der Waals surface area contributed by atoms with E-state index >= 15 is 0 Å². The maximum absolute atomic E-state index is 13.7. The van der Waals surface area contributed by atoms with Crippen LogP contribution in [0, 0.1) is 0 Å². The second-order valence-corrected chi connectivity index (χ2v) is 9.41. The Morgan fingerprint density at radius 2 is 2.06 bits per heavy atom. The van der Waals surface area contributed by atoms with Gasteiger partial charge in [0, 0.05) is 31.6 Å². The molecular weight excluding hydrogens is 450 g/mol. The zero-order valence-electron chi connectivity index (χ0n) is 19.6. The molecule has 0 N–H and O–H groups in total. The molecule has 1 amide bonds. The largest absolute Gasteiger partial charge is 0.493 e. The summed E-state index contributed by atoms with van der Waals surface area (Å²) < 4.78 is 18.0. The van der Waals surface area contributed by atoms with Crippen molar-refractivity contribution in [3.63, 3.8) is 0 Å². The van der Waals surface area contributed by atoms with Crippen molar-refractivity contribution < 1.29 is 18.7 Å². The molecule has 0 atom stereocenters. The number of carbonyl (C=O) groups excluding carboxylic acids is 1. The van der Waals surface area contributed by atoms with Crippen molar-refractivity contribution in [1.82, 2.24) is 9.88 Å². The Morgan fingerprint density at radius 3 is 2.85 bits per heavy atom. The Kier molecular flexibility index (Phi) is 6.80. The number of hydrogen-bond donors (Lipinski definition) is 0. The summed E-state index contributed by atoms with van der Waals surface area (Å²) in [7, 11) is 1.60. The number of fused-ring (bicyclic) bond motifs is 2. The van der Waals surface area contributed by atoms with Gasteiger partial charge >= 0.3 is 0 Å². The maximum atomic E-state index is 13.7. The van der Waals surface area contributed by atoms with E-state index in [4.69, 9.17) is 18.9 Å². The minimum Gasteiger partial charge on any atom is -0.493 e. The van der Waals surface area contributed by atoms with Crippen LogP contribution in [0.5, 0.6) is 5.75 Å². The Bertz CT molecular complexity index is 1290. The van der Waals surface area contributed by atoms with Crippen LogP contribution in [0.1, 0.15) is 29.5 Å². The van der Waals surface area contributed by atoms with Gasteiger partial charge in [-0.2, -0.15) is 0 Å². The lowest BCUT2D eigenvalue weighted by molar-refractivity contribution is 0.0376. The quantitative estimate of drug-likeness (QED) is 0.355. The van der Waals surface area contributed by atoms with Gasteiger partial charge in [-0.15, -0.1) is 0 Å². The Morgan fingerprint density at radius 1 is 1.21 bits per heavy atom. The number of aryl methyl sites for hydroxylation is 1. The van der Waals surface area contributed by atoms with Crippen molar-refractivity contribution in [2.24, 2.45) is 0 Å².